The standard InChI is InChI=1S/C17H21BrN2/c1-13-4-3-5-14(6-13)7-15(10-19-2)8-16-9-17(18)12-20-11-16/h3-6,9,11-12,15,19H,7-8,10H2,1-2H3. The van der Waals surface area contributed by atoms with Gasteiger partial charge in [0.15, 0.2) is 0 Å². The average Bonchev–Trinajstić information content (AvgIpc) is 2.39. The van der Waals surface area contributed by atoms with Crippen molar-refractivity contribution in [2.24, 2.45) is 5.92 Å². The molecule has 0 spiro atoms. The minimum Gasteiger partial charge on any atom is -0.319 e. The van der Waals surface area contributed by atoms with Crippen LogP contribution in [0.3, 0.4) is 0 Å². The van der Waals surface area contributed by atoms with Crippen molar-refractivity contribution in [3.8, 4) is 0 Å². The van der Waals surface area contributed by atoms with E-state index in [1.165, 1.54) is 16.7 Å². The molecule has 2 rings (SSSR count). The molecule has 0 saturated carbocycles. The van der Waals surface area contributed by atoms with Gasteiger partial charge in [0.05, 0.1) is 0 Å². The molecule has 0 aliphatic rings. The van der Waals surface area contributed by atoms with E-state index in [1.54, 1.807) is 0 Å². The van der Waals surface area contributed by atoms with E-state index in [-0.39, 0.29) is 0 Å². The number of aromatic nitrogens is 1. The van der Waals surface area contributed by atoms with Crippen LogP contribution >= 0.6 is 15.9 Å². The Bertz CT molecular complexity index is 507. The topological polar surface area (TPSA) is 24.9 Å². The van der Waals surface area contributed by atoms with Gasteiger partial charge in [-0.15, -0.1) is 0 Å². The van der Waals surface area contributed by atoms with Crippen LogP contribution in [0.15, 0.2) is 47.2 Å². The van der Waals surface area contributed by atoms with Crippen LogP contribution in [0.5, 0.6) is 0 Å². The van der Waals surface area contributed by atoms with Crippen LogP contribution in [0.25, 0.3) is 0 Å². The highest BCUT2D eigenvalue weighted by atomic mass is 79.9. The van der Waals surface area contributed by atoms with Gasteiger partial charge in [0.1, 0.15) is 0 Å². The van der Waals surface area contributed by atoms with E-state index in [1.807, 2.05) is 19.4 Å². The van der Waals surface area contributed by atoms with Crippen LogP contribution in [-0.4, -0.2) is 18.6 Å². The molecule has 106 valence electrons. The molecular formula is C17H21BrN2. The molecule has 0 bridgehead atoms. The molecular weight excluding hydrogens is 312 g/mol. The molecule has 0 amide bonds. The number of aryl methyl sites for hydroxylation is 1. The van der Waals surface area contributed by atoms with Crippen LogP contribution in [0.2, 0.25) is 0 Å². The number of hydrogen-bond donors (Lipinski definition) is 1. The zero-order valence-electron chi connectivity index (χ0n) is 12.1. The summed E-state index contributed by atoms with van der Waals surface area (Å²) in [5, 5.41) is 3.31. The first kappa shape index (κ1) is 15.2. The Kier molecular flexibility index (Phi) is 5.74. The Morgan fingerprint density at radius 1 is 1.15 bits per heavy atom. The first-order chi connectivity index (χ1) is 9.67. The zero-order valence-corrected chi connectivity index (χ0v) is 13.7. The Labute approximate surface area is 129 Å². The number of halogens is 1. The van der Waals surface area contributed by atoms with Crippen LogP contribution < -0.4 is 5.32 Å². The molecule has 3 heteroatoms. The highest BCUT2D eigenvalue weighted by molar-refractivity contribution is 9.10. The van der Waals surface area contributed by atoms with E-state index < -0.39 is 0 Å². The predicted octanol–water partition coefficient (Wildman–Crippen LogP) is 3.77. The molecule has 1 N–H and O–H groups in total. The van der Waals surface area contributed by atoms with Gasteiger partial charge in [0.2, 0.25) is 0 Å². The normalized spacial score (nSPS) is 12.3. The van der Waals surface area contributed by atoms with Crippen molar-refractivity contribution in [1.29, 1.82) is 0 Å². The van der Waals surface area contributed by atoms with Gasteiger partial charge in [-0.2, -0.15) is 0 Å². The highest BCUT2D eigenvalue weighted by Crippen LogP contribution is 2.17. The van der Waals surface area contributed by atoms with Gasteiger partial charge in [-0.25, -0.2) is 0 Å². The molecule has 1 aromatic heterocycles. The third-order valence-corrected chi connectivity index (χ3v) is 3.82. The monoisotopic (exact) mass is 332 g/mol. The summed E-state index contributed by atoms with van der Waals surface area (Å²) in [7, 11) is 2.02. The number of nitrogens with zero attached hydrogens (tertiary/aromatic N) is 1. The molecule has 2 nitrogen and oxygen atoms in total. The first-order valence-electron chi connectivity index (χ1n) is 6.97. The molecule has 20 heavy (non-hydrogen) atoms. The maximum absolute atomic E-state index is 4.25. The van der Waals surface area contributed by atoms with Gasteiger partial charge in [0, 0.05) is 16.9 Å². The van der Waals surface area contributed by atoms with Crippen LogP contribution in [-0.2, 0) is 12.8 Å². The van der Waals surface area contributed by atoms with Crippen LogP contribution in [0.4, 0.5) is 0 Å². The SMILES string of the molecule is CNCC(Cc1cccc(C)c1)Cc1cncc(Br)c1. The number of pyridine rings is 1. The predicted molar refractivity (Wildman–Crippen MR) is 87.9 cm³/mol. The summed E-state index contributed by atoms with van der Waals surface area (Å²) in [6.07, 6.45) is 5.93. The average molecular weight is 333 g/mol. The Hall–Kier alpha value is -1.19. The minimum absolute atomic E-state index is 0.581. The Morgan fingerprint density at radius 3 is 2.65 bits per heavy atom. The third-order valence-electron chi connectivity index (χ3n) is 3.39. The summed E-state index contributed by atoms with van der Waals surface area (Å²) in [6, 6.07) is 10.9. The lowest BCUT2D eigenvalue weighted by atomic mass is 9.92. The molecule has 0 aliphatic carbocycles. The van der Waals surface area contributed by atoms with Gasteiger partial charge in [-0.3, -0.25) is 4.98 Å². The van der Waals surface area contributed by atoms with Gasteiger partial charge in [-0.05, 0) is 72.4 Å². The number of hydrogen-bond acceptors (Lipinski definition) is 2. The Balaban J connectivity index is 2.07. The summed E-state index contributed by atoms with van der Waals surface area (Å²) in [5.74, 6) is 0.581. The van der Waals surface area contributed by atoms with Crippen molar-refractivity contribution in [3.63, 3.8) is 0 Å². The summed E-state index contributed by atoms with van der Waals surface area (Å²) < 4.78 is 1.05. The van der Waals surface area contributed by atoms with Crippen molar-refractivity contribution < 1.29 is 0 Å². The molecule has 0 aliphatic heterocycles. The second-order valence-electron chi connectivity index (χ2n) is 5.33. The molecule has 1 atom stereocenters. The van der Waals surface area contributed by atoms with E-state index in [0.29, 0.717) is 5.92 Å². The largest absolute Gasteiger partial charge is 0.319 e. The molecule has 1 aromatic carbocycles. The van der Waals surface area contributed by atoms with Crippen molar-refractivity contribution in [2.45, 2.75) is 19.8 Å². The fraction of sp³-hybridized carbons (Fsp3) is 0.353. The van der Waals surface area contributed by atoms with Gasteiger partial charge < -0.3 is 5.32 Å². The number of benzene rings is 1. The third kappa shape index (κ3) is 4.73. The highest BCUT2D eigenvalue weighted by Gasteiger charge is 2.11. The lowest BCUT2D eigenvalue weighted by molar-refractivity contribution is 0.492. The van der Waals surface area contributed by atoms with Crippen LogP contribution in [0, 0.1) is 12.8 Å². The summed E-state index contributed by atoms with van der Waals surface area (Å²) in [6.45, 7) is 3.16. The lowest BCUT2D eigenvalue weighted by Crippen LogP contribution is -2.22. The molecule has 1 unspecified atom stereocenters. The molecule has 0 radical (unpaired) electrons. The van der Waals surface area contributed by atoms with Crippen molar-refractivity contribution in [3.05, 3.63) is 63.9 Å². The van der Waals surface area contributed by atoms with Gasteiger partial charge in [0.25, 0.3) is 0 Å². The van der Waals surface area contributed by atoms with Crippen molar-refractivity contribution >= 4 is 15.9 Å². The van der Waals surface area contributed by atoms with Gasteiger partial charge >= 0.3 is 0 Å². The van der Waals surface area contributed by atoms with Gasteiger partial charge in [-0.1, -0.05) is 29.8 Å². The summed E-state index contributed by atoms with van der Waals surface area (Å²) >= 11 is 3.49. The van der Waals surface area contributed by atoms with Crippen molar-refractivity contribution in [1.82, 2.24) is 10.3 Å². The van der Waals surface area contributed by atoms with E-state index in [9.17, 15) is 0 Å². The first-order valence-corrected chi connectivity index (χ1v) is 7.76. The fourth-order valence-corrected chi connectivity index (χ4v) is 2.99. The zero-order chi connectivity index (χ0) is 14.4. The molecule has 1 heterocycles. The second kappa shape index (κ2) is 7.55. The van der Waals surface area contributed by atoms with E-state index >= 15 is 0 Å². The minimum atomic E-state index is 0.581. The van der Waals surface area contributed by atoms with E-state index in [4.69, 9.17) is 0 Å². The molecule has 2 aromatic rings. The molecule has 0 fully saturated rings. The maximum atomic E-state index is 4.25. The smallest absolute Gasteiger partial charge is 0.0410 e. The Morgan fingerprint density at radius 2 is 1.95 bits per heavy atom. The van der Waals surface area contributed by atoms with E-state index in [0.717, 1.165) is 23.9 Å². The van der Waals surface area contributed by atoms with Crippen LogP contribution in [0.1, 0.15) is 16.7 Å². The summed E-state index contributed by atoms with van der Waals surface area (Å²) in [4.78, 5) is 4.25. The number of nitrogens with one attached hydrogen (secondary N) is 1. The van der Waals surface area contributed by atoms with E-state index in [2.05, 4.69) is 63.5 Å². The second-order valence-corrected chi connectivity index (χ2v) is 6.25. The quantitative estimate of drug-likeness (QED) is 0.870. The molecule has 0 saturated heterocycles. The summed E-state index contributed by atoms with van der Waals surface area (Å²) in [5.41, 5.74) is 4.02. The van der Waals surface area contributed by atoms with Crippen molar-refractivity contribution in [2.75, 3.05) is 13.6 Å². The maximum Gasteiger partial charge on any atom is 0.0410 e. The lowest BCUT2D eigenvalue weighted by Gasteiger charge is -2.17. The number of rotatable bonds is 6. The fourth-order valence-electron chi connectivity index (χ4n) is 2.58.